The molecule has 0 fully saturated rings. The van der Waals surface area contributed by atoms with Gasteiger partial charge in [0.1, 0.15) is 11.8 Å². The molecule has 3 rings (SSSR count). The van der Waals surface area contributed by atoms with Gasteiger partial charge in [0, 0.05) is 12.5 Å². The summed E-state index contributed by atoms with van der Waals surface area (Å²) < 4.78 is 0. The molecule has 35 heavy (non-hydrogen) atoms. The Balaban J connectivity index is 1.53. The number of hydrogen-bond donors (Lipinski definition) is 3. The summed E-state index contributed by atoms with van der Waals surface area (Å²) in [6.07, 6.45) is 6.48. The van der Waals surface area contributed by atoms with Crippen molar-refractivity contribution in [2.75, 3.05) is 13.1 Å². The van der Waals surface area contributed by atoms with Crippen LogP contribution in [0.4, 0.5) is 0 Å². The molecular formula is C29H42N4O2. The summed E-state index contributed by atoms with van der Waals surface area (Å²) in [5, 5.41) is 14.3. The van der Waals surface area contributed by atoms with Crippen LogP contribution in [0, 0.1) is 0 Å². The van der Waals surface area contributed by atoms with E-state index in [2.05, 4.69) is 19.2 Å². The number of carbonyl (C=O) groups excluding carboxylic acids is 1. The number of aliphatic hydroxyl groups excluding tert-OH is 1. The number of unbranched alkanes of at least 4 members (excludes halogenated alkanes) is 3. The van der Waals surface area contributed by atoms with E-state index in [-0.39, 0.29) is 11.8 Å². The van der Waals surface area contributed by atoms with Gasteiger partial charge in [0.15, 0.2) is 5.96 Å². The molecule has 6 nitrogen and oxygen atoms in total. The quantitative estimate of drug-likeness (QED) is 0.254. The molecule has 1 amide bonds. The van der Waals surface area contributed by atoms with Crippen LogP contribution in [0.25, 0.3) is 0 Å². The minimum Gasteiger partial charge on any atom is -0.378 e. The van der Waals surface area contributed by atoms with Gasteiger partial charge in [0.05, 0.1) is 0 Å². The minimum absolute atomic E-state index is 0.0677. The number of rotatable bonds is 15. The lowest BCUT2D eigenvalue weighted by Gasteiger charge is -2.26. The molecule has 1 atom stereocenters. The molecule has 2 aromatic carbocycles. The van der Waals surface area contributed by atoms with Crippen molar-refractivity contribution in [3.63, 3.8) is 0 Å². The average Bonchev–Trinajstić information content (AvgIpc) is 3.11. The maximum Gasteiger partial charge on any atom is 0.257 e. The molecule has 0 saturated carbocycles. The molecule has 0 saturated heterocycles. The topological polar surface area (TPSA) is 90.9 Å². The second-order valence-electron chi connectivity index (χ2n) is 9.57. The van der Waals surface area contributed by atoms with Gasteiger partial charge in [-0.05, 0) is 43.4 Å². The zero-order valence-electron chi connectivity index (χ0n) is 21.3. The maximum absolute atomic E-state index is 13.3. The highest BCUT2D eigenvalue weighted by molar-refractivity contribution is 6.06. The zero-order chi connectivity index (χ0) is 25.1. The largest absolute Gasteiger partial charge is 0.378 e. The first-order valence-electron chi connectivity index (χ1n) is 13.2. The highest BCUT2D eigenvalue weighted by Gasteiger charge is 2.46. The Kier molecular flexibility index (Phi) is 10.3. The van der Waals surface area contributed by atoms with Crippen molar-refractivity contribution >= 4 is 11.9 Å². The number of nitrogens with one attached hydrogen (secondary N) is 1. The van der Waals surface area contributed by atoms with E-state index < -0.39 is 11.8 Å². The van der Waals surface area contributed by atoms with Gasteiger partial charge in [-0.3, -0.25) is 15.0 Å². The summed E-state index contributed by atoms with van der Waals surface area (Å²) in [5.74, 6) is 0.277. The van der Waals surface area contributed by atoms with Crippen LogP contribution < -0.4 is 11.1 Å². The van der Waals surface area contributed by atoms with Crippen LogP contribution in [0.2, 0.25) is 0 Å². The van der Waals surface area contributed by atoms with Crippen LogP contribution in [-0.4, -0.2) is 46.7 Å². The molecule has 1 aliphatic rings. The van der Waals surface area contributed by atoms with E-state index in [4.69, 9.17) is 10.7 Å². The first kappa shape index (κ1) is 26.9. The van der Waals surface area contributed by atoms with Gasteiger partial charge >= 0.3 is 0 Å². The van der Waals surface area contributed by atoms with Crippen molar-refractivity contribution < 1.29 is 9.90 Å². The van der Waals surface area contributed by atoms with Crippen molar-refractivity contribution in [3.8, 4) is 0 Å². The highest BCUT2D eigenvalue weighted by atomic mass is 16.3. The second kappa shape index (κ2) is 13.4. The number of aliphatic hydroxyl groups is 1. The van der Waals surface area contributed by atoms with E-state index in [1.807, 2.05) is 60.7 Å². The monoisotopic (exact) mass is 478 g/mol. The fourth-order valence-electron chi connectivity index (χ4n) is 4.93. The number of carbonyl (C=O) groups is 1. The van der Waals surface area contributed by atoms with E-state index in [0.29, 0.717) is 19.0 Å². The first-order chi connectivity index (χ1) is 17.0. The second-order valence-corrected chi connectivity index (χ2v) is 9.57. The molecule has 6 heteroatoms. The lowest BCUT2D eigenvalue weighted by Crippen LogP contribution is -2.45. The van der Waals surface area contributed by atoms with Gasteiger partial charge in [-0.1, -0.05) is 100 Å². The van der Waals surface area contributed by atoms with Gasteiger partial charge in [0.25, 0.3) is 5.91 Å². The molecule has 2 aromatic rings. The third kappa shape index (κ3) is 6.92. The summed E-state index contributed by atoms with van der Waals surface area (Å²) in [6.45, 7) is 5.48. The number of guanidine groups is 1. The first-order valence-corrected chi connectivity index (χ1v) is 13.2. The summed E-state index contributed by atoms with van der Waals surface area (Å²) in [6, 6.07) is 20.2. The molecule has 1 heterocycles. The molecule has 0 bridgehead atoms. The Morgan fingerprint density at radius 1 is 0.914 bits per heavy atom. The van der Waals surface area contributed by atoms with Gasteiger partial charge < -0.3 is 10.8 Å². The molecular weight excluding hydrogens is 436 g/mol. The molecule has 1 unspecified atom stereocenters. The Bertz CT molecular complexity index is 885. The third-order valence-electron chi connectivity index (χ3n) is 6.93. The Hall–Kier alpha value is -2.70. The lowest BCUT2D eigenvalue weighted by molar-refractivity contribution is -0.131. The zero-order valence-corrected chi connectivity index (χ0v) is 21.3. The molecule has 0 radical (unpaired) electrons. The molecule has 1 aliphatic heterocycles. The molecule has 190 valence electrons. The average molecular weight is 479 g/mol. The van der Waals surface area contributed by atoms with E-state index in [0.717, 1.165) is 62.5 Å². The number of benzene rings is 2. The van der Waals surface area contributed by atoms with E-state index >= 15 is 0 Å². The van der Waals surface area contributed by atoms with Crippen LogP contribution in [-0.2, 0) is 4.79 Å². The van der Waals surface area contributed by atoms with Crippen LogP contribution in [0.1, 0.15) is 82.3 Å². The summed E-state index contributed by atoms with van der Waals surface area (Å²) in [4.78, 5) is 19.7. The predicted octanol–water partition coefficient (Wildman–Crippen LogP) is 4.78. The number of hydrogen-bond acceptors (Lipinski definition) is 5. The van der Waals surface area contributed by atoms with Crippen LogP contribution in [0.5, 0.6) is 0 Å². The Labute approximate surface area is 210 Å². The van der Waals surface area contributed by atoms with Crippen molar-refractivity contribution in [3.05, 3.63) is 71.8 Å². The molecule has 0 aliphatic carbocycles. The summed E-state index contributed by atoms with van der Waals surface area (Å²) in [7, 11) is 0. The number of nitrogens with two attached hydrogens (primary N) is 1. The summed E-state index contributed by atoms with van der Waals surface area (Å²) >= 11 is 0. The van der Waals surface area contributed by atoms with Gasteiger partial charge in [-0.2, -0.15) is 0 Å². The van der Waals surface area contributed by atoms with E-state index in [1.54, 1.807) is 4.90 Å². The fourth-order valence-corrected chi connectivity index (χ4v) is 4.93. The molecule has 0 aromatic heterocycles. The minimum atomic E-state index is -0.712. The normalized spacial score (nSPS) is 16.1. The van der Waals surface area contributed by atoms with Crippen molar-refractivity contribution in [1.82, 2.24) is 10.2 Å². The van der Waals surface area contributed by atoms with Gasteiger partial charge in [-0.25, -0.2) is 4.99 Å². The number of aliphatic imine (C=N–C) groups is 1. The fraction of sp³-hybridized carbons (Fsp3) is 0.517. The van der Waals surface area contributed by atoms with Crippen molar-refractivity contribution in [2.24, 2.45) is 10.7 Å². The van der Waals surface area contributed by atoms with Crippen LogP contribution in [0.3, 0.4) is 0 Å². The Morgan fingerprint density at radius 3 is 1.97 bits per heavy atom. The summed E-state index contributed by atoms with van der Waals surface area (Å²) in [5.41, 5.74) is 7.70. The van der Waals surface area contributed by atoms with Crippen LogP contribution >= 0.6 is 0 Å². The van der Waals surface area contributed by atoms with E-state index in [1.165, 1.54) is 0 Å². The highest BCUT2D eigenvalue weighted by Crippen LogP contribution is 2.33. The van der Waals surface area contributed by atoms with Gasteiger partial charge in [-0.15, -0.1) is 0 Å². The maximum atomic E-state index is 13.3. The van der Waals surface area contributed by atoms with Gasteiger partial charge in [0.2, 0.25) is 0 Å². The molecule has 4 N–H and O–H groups in total. The Morgan fingerprint density at radius 2 is 1.46 bits per heavy atom. The van der Waals surface area contributed by atoms with Crippen LogP contribution in [0.15, 0.2) is 65.7 Å². The van der Waals surface area contributed by atoms with E-state index in [9.17, 15) is 9.90 Å². The third-order valence-corrected chi connectivity index (χ3v) is 6.93. The standard InChI is InChI=1S/C29H42N4O2/c1-3-5-19-29(20-6-4-2)27(35)33(28(30)32-29)22-14-13-21-31-26(34)25(23-15-9-7-10-16-23)24-17-11-8-12-18-24/h7-12,15-18,25-26,31,34H,3-6,13-14,19-22H2,1-2H3,(H2,30,32). The predicted molar refractivity (Wildman–Crippen MR) is 143 cm³/mol. The van der Waals surface area contributed by atoms with Crippen molar-refractivity contribution in [1.29, 1.82) is 0 Å². The number of amides is 1. The van der Waals surface area contributed by atoms with Crippen molar-refractivity contribution in [2.45, 2.75) is 82.9 Å². The SMILES string of the molecule is CCCCC1(CCCC)N=C(N)N(CCCCNC(O)C(c2ccccc2)c2ccccc2)C1=O. The lowest BCUT2D eigenvalue weighted by atomic mass is 9.87. The smallest absolute Gasteiger partial charge is 0.257 e. The molecule has 0 spiro atoms. The number of nitrogens with zero attached hydrogens (tertiary/aromatic N) is 2.